The van der Waals surface area contributed by atoms with Crippen LogP contribution in [0.1, 0.15) is 30.4 Å². The van der Waals surface area contributed by atoms with E-state index >= 15 is 0 Å². The molecular formula is C34H35BrClN3O5. The molecule has 0 radical (unpaired) electrons. The Morgan fingerprint density at radius 2 is 1.61 bits per heavy atom. The second kappa shape index (κ2) is 13.6. The minimum atomic E-state index is -0.992. The first-order chi connectivity index (χ1) is 21.4. The SMILES string of the molecule is O=C(C1=C(c2ccc(OCCOc3ccc(Br)cc3)cc2)C[C@@H]2CNC[C@H]1N2C(=O)O)N(CCc1ccccc1Cl)C1CC1. The molecular weight excluding hydrogens is 646 g/mol. The number of benzene rings is 3. The summed E-state index contributed by atoms with van der Waals surface area (Å²) in [5, 5.41) is 14.2. The third-order valence-corrected chi connectivity index (χ3v) is 9.36. The predicted molar refractivity (Wildman–Crippen MR) is 173 cm³/mol. The number of halogens is 2. The zero-order valence-corrected chi connectivity index (χ0v) is 26.6. The van der Waals surface area contributed by atoms with Gasteiger partial charge in [0.1, 0.15) is 24.7 Å². The van der Waals surface area contributed by atoms with Crippen molar-refractivity contribution in [3.63, 3.8) is 0 Å². The number of carboxylic acid groups (broad SMARTS) is 1. The smallest absolute Gasteiger partial charge is 0.408 e. The summed E-state index contributed by atoms with van der Waals surface area (Å²) in [7, 11) is 0. The van der Waals surface area contributed by atoms with Crippen LogP contribution in [-0.2, 0) is 11.2 Å². The molecule has 1 saturated heterocycles. The van der Waals surface area contributed by atoms with Gasteiger partial charge in [-0.2, -0.15) is 0 Å². The van der Waals surface area contributed by atoms with Crippen LogP contribution in [0.2, 0.25) is 5.02 Å². The molecule has 3 aromatic carbocycles. The van der Waals surface area contributed by atoms with E-state index in [1.807, 2.05) is 77.7 Å². The number of rotatable bonds is 11. The van der Waals surface area contributed by atoms with Crippen molar-refractivity contribution < 1.29 is 24.2 Å². The number of hydrogen-bond donors (Lipinski definition) is 2. The van der Waals surface area contributed by atoms with E-state index < -0.39 is 12.1 Å². The van der Waals surface area contributed by atoms with Crippen LogP contribution in [0.3, 0.4) is 0 Å². The molecule has 2 fully saturated rings. The Morgan fingerprint density at radius 3 is 2.25 bits per heavy atom. The maximum Gasteiger partial charge on any atom is 0.408 e. The van der Waals surface area contributed by atoms with Gasteiger partial charge in [0.05, 0.1) is 12.1 Å². The number of hydrogen-bond acceptors (Lipinski definition) is 5. The van der Waals surface area contributed by atoms with Gasteiger partial charge in [-0.25, -0.2) is 4.79 Å². The Kier molecular flexibility index (Phi) is 9.44. The van der Waals surface area contributed by atoms with Crippen molar-refractivity contribution in [1.29, 1.82) is 0 Å². The average molecular weight is 681 g/mol. The van der Waals surface area contributed by atoms with E-state index in [4.69, 9.17) is 21.1 Å². The van der Waals surface area contributed by atoms with Crippen molar-refractivity contribution in [3.05, 3.63) is 99.0 Å². The molecule has 2 aliphatic heterocycles. The third kappa shape index (κ3) is 6.90. The van der Waals surface area contributed by atoms with Gasteiger partial charge in [0.2, 0.25) is 0 Å². The monoisotopic (exact) mass is 679 g/mol. The fourth-order valence-electron chi connectivity index (χ4n) is 6.17. The molecule has 0 unspecified atom stereocenters. The van der Waals surface area contributed by atoms with Gasteiger partial charge in [-0.1, -0.05) is 57.9 Å². The highest BCUT2D eigenvalue weighted by Crippen LogP contribution is 2.40. The van der Waals surface area contributed by atoms with Crippen molar-refractivity contribution in [2.75, 3.05) is 32.8 Å². The van der Waals surface area contributed by atoms with Crippen molar-refractivity contribution in [1.82, 2.24) is 15.1 Å². The lowest BCUT2D eigenvalue weighted by atomic mass is 9.82. The van der Waals surface area contributed by atoms with Gasteiger partial charge >= 0.3 is 6.09 Å². The summed E-state index contributed by atoms with van der Waals surface area (Å²) in [6, 6.07) is 22.4. The number of fused-ring (bicyclic) bond motifs is 2. The molecule has 2 heterocycles. The number of amides is 2. The highest BCUT2D eigenvalue weighted by molar-refractivity contribution is 9.10. The molecule has 2 amide bonds. The summed E-state index contributed by atoms with van der Waals surface area (Å²) in [6.07, 6.45) is 2.00. The molecule has 230 valence electrons. The third-order valence-electron chi connectivity index (χ3n) is 8.46. The lowest BCUT2D eigenvalue weighted by Crippen LogP contribution is -2.63. The molecule has 0 spiro atoms. The van der Waals surface area contributed by atoms with Crippen molar-refractivity contribution in [3.8, 4) is 11.5 Å². The fourth-order valence-corrected chi connectivity index (χ4v) is 6.66. The molecule has 2 bridgehead atoms. The summed E-state index contributed by atoms with van der Waals surface area (Å²) >= 11 is 9.85. The van der Waals surface area contributed by atoms with Gasteiger partial charge in [-0.05, 0) is 84.8 Å². The Labute approximate surface area is 270 Å². The van der Waals surface area contributed by atoms with Crippen LogP contribution in [0.5, 0.6) is 11.5 Å². The van der Waals surface area contributed by atoms with Gasteiger partial charge in [0.25, 0.3) is 5.91 Å². The van der Waals surface area contributed by atoms with Gasteiger partial charge in [0, 0.05) is 40.7 Å². The topological polar surface area (TPSA) is 91.3 Å². The van der Waals surface area contributed by atoms with Crippen LogP contribution in [-0.4, -0.2) is 77.9 Å². The van der Waals surface area contributed by atoms with Gasteiger partial charge in [0.15, 0.2) is 0 Å². The summed E-state index contributed by atoms with van der Waals surface area (Å²) < 4.78 is 12.7. The zero-order valence-electron chi connectivity index (χ0n) is 24.3. The van der Waals surface area contributed by atoms with E-state index in [2.05, 4.69) is 21.2 Å². The molecule has 44 heavy (non-hydrogen) atoms. The largest absolute Gasteiger partial charge is 0.490 e. The molecule has 2 N–H and O–H groups in total. The molecule has 0 aromatic heterocycles. The number of piperazine rings is 1. The van der Waals surface area contributed by atoms with Crippen LogP contribution < -0.4 is 14.8 Å². The molecule has 3 aliphatic rings. The minimum Gasteiger partial charge on any atom is -0.490 e. The van der Waals surface area contributed by atoms with E-state index in [0.29, 0.717) is 62.0 Å². The summed E-state index contributed by atoms with van der Waals surface area (Å²) in [4.78, 5) is 30.3. The second-order valence-electron chi connectivity index (χ2n) is 11.4. The molecule has 6 rings (SSSR count). The highest BCUT2D eigenvalue weighted by Gasteiger charge is 2.46. The average Bonchev–Trinajstić information content (AvgIpc) is 3.86. The fraction of sp³-hybridized carbons (Fsp3) is 0.353. The Balaban J connectivity index is 1.23. The van der Waals surface area contributed by atoms with Crippen molar-refractivity contribution in [2.24, 2.45) is 0 Å². The van der Waals surface area contributed by atoms with E-state index in [1.165, 1.54) is 4.90 Å². The summed E-state index contributed by atoms with van der Waals surface area (Å²) in [5.41, 5.74) is 3.39. The number of nitrogens with one attached hydrogen (secondary N) is 1. The molecule has 3 aromatic rings. The Hall–Kier alpha value is -3.53. The first-order valence-corrected chi connectivity index (χ1v) is 16.2. The lowest BCUT2D eigenvalue weighted by Gasteiger charge is -2.47. The van der Waals surface area contributed by atoms with E-state index in [9.17, 15) is 14.7 Å². The van der Waals surface area contributed by atoms with E-state index in [0.717, 1.165) is 39.8 Å². The van der Waals surface area contributed by atoms with E-state index in [-0.39, 0.29) is 18.0 Å². The highest BCUT2D eigenvalue weighted by atomic mass is 79.9. The second-order valence-corrected chi connectivity index (χ2v) is 12.7. The Morgan fingerprint density at radius 1 is 0.955 bits per heavy atom. The lowest BCUT2D eigenvalue weighted by molar-refractivity contribution is -0.128. The number of carbonyl (C=O) groups is 2. The number of carbonyl (C=O) groups excluding carboxylic acids is 1. The van der Waals surface area contributed by atoms with Gasteiger partial charge in [-0.3, -0.25) is 9.69 Å². The van der Waals surface area contributed by atoms with Crippen LogP contribution in [0.25, 0.3) is 5.57 Å². The van der Waals surface area contributed by atoms with Crippen molar-refractivity contribution in [2.45, 2.75) is 43.8 Å². The van der Waals surface area contributed by atoms with Crippen LogP contribution in [0.15, 0.2) is 82.8 Å². The maximum absolute atomic E-state index is 14.5. The number of nitrogens with zero attached hydrogens (tertiary/aromatic N) is 2. The van der Waals surface area contributed by atoms with Crippen LogP contribution in [0, 0.1) is 0 Å². The normalized spacial score (nSPS) is 19.5. The molecule has 2 atom stereocenters. The minimum absolute atomic E-state index is 0.0848. The first kappa shape index (κ1) is 30.5. The number of ether oxygens (including phenoxy) is 2. The first-order valence-electron chi connectivity index (χ1n) is 15.0. The molecule has 10 heteroatoms. The molecule has 8 nitrogen and oxygen atoms in total. The summed E-state index contributed by atoms with van der Waals surface area (Å²) in [6.45, 7) is 2.25. The predicted octanol–water partition coefficient (Wildman–Crippen LogP) is 6.27. The quantitative estimate of drug-likeness (QED) is 0.232. The maximum atomic E-state index is 14.5. The van der Waals surface area contributed by atoms with Gasteiger partial charge in [-0.15, -0.1) is 0 Å². The van der Waals surface area contributed by atoms with Gasteiger partial charge < -0.3 is 24.8 Å². The molecule has 1 saturated carbocycles. The summed E-state index contributed by atoms with van der Waals surface area (Å²) in [5.74, 6) is 1.39. The van der Waals surface area contributed by atoms with E-state index in [1.54, 1.807) is 0 Å². The molecule has 1 aliphatic carbocycles. The van der Waals surface area contributed by atoms with Crippen molar-refractivity contribution >= 4 is 45.1 Å². The standard InChI is InChI=1S/C34H35BrClN3O5/c35-24-7-13-28(14-8-24)44-18-17-43-27-11-5-22(6-12-27)29-19-26-20-37-21-31(39(26)34(41)42)32(29)33(40)38(25-9-10-25)16-15-23-3-1-2-4-30(23)36/h1-8,11-14,25-26,31,37H,9-10,15-21H2,(H,41,42)/t26-,31-/m1/s1. The zero-order chi connectivity index (χ0) is 30.6. The van der Waals surface area contributed by atoms with Crippen LogP contribution in [0.4, 0.5) is 4.79 Å². The Bertz CT molecular complexity index is 1530. The van der Waals surface area contributed by atoms with Crippen LogP contribution >= 0.6 is 27.5 Å².